The van der Waals surface area contributed by atoms with E-state index in [-0.39, 0.29) is 11.2 Å². The lowest BCUT2D eigenvalue weighted by atomic mass is 10.2. The van der Waals surface area contributed by atoms with Crippen molar-refractivity contribution in [3.8, 4) is 0 Å². The van der Waals surface area contributed by atoms with Crippen LogP contribution in [0.3, 0.4) is 0 Å². The van der Waals surface area contributed by atoms with E-state index >= 15 is 0 Å². The molecule has 1 fully saturated rings. The van der Waals surface area contributed by atoms with Crippen molar-refractivity contribution in [1.29, 1.82) is 0 Å². The van der Waals surface area contributed by atoms with Gasteiger partial charge in [-0.2, -0.15) is 5.10 Å². The Balaban J connectivity index is 1.91. The van der Waals surface area contributed by atoms with Gasteiger partial charge in [-0.15, -0.1) is 11.8 Å². The summed E-state index contributed by atoms with van der Waals surface area (Å²) in [6.07, 6.45) is 5.43. The van der Waals surface area contributed by atoms with Crippen LogP contribution in [0.2, 0.25) is 0 Å². The van der Waals surface area contributed by atoms with Crippen molar-refractivity contribution in [2.45, 2.75) is 18.1 Å². The Kier molecular flexibility index (Phi) is 2.54. The molecule has 0 saturated carbocycles. The molecule has 5 heteroatoms. The van der Waals surface area contributed by atoms with Crippen molar-refractivity contribution >= 4 is 23.4 Å². The molecule has 13 heavy (non-hydrogen) atoms. The molecule has 1 aliphatic heterocycles. The Labute approximate surface area is 80.5 Å². The zero-order valence-corrected chi connectivity index (χ0v) is 7.93. The fourth-order valence-corrected chi connectivity index (χ4v) is 2.49. The lowest BCUT2D eigenvalue weighted by Gasteiger charge is -2.07. The number of carbonyl (C=O) groups excluding carboxylic acids is 1. The van der Waals surface area contributed by atoms with Crippen LogP contribution in [0, 0.1) is 0 Å². The van der Waals surface area contributed by atoms with Crippen LogP contribution in [0.4, 0.5) is 5.69 Å². The van der Waals surface area contributed by atoms with Gasteiger partial charge in [0.25, 0.3) is 0 Å². The van der Waals surface area contributed by atoms with Crippen molar-refractivity contribution < 1.29 is 4.79 Å². The SMILES string of the molecule is O=C(Nc1cn[nH]c1)C1CCCS1. The fraction of sp³-hybridized carbons (Fsp3) is 0.500. The minimum absolute atomic E-state index is 0.101. The number of aromatic nitrogens is 2. The molecule has 4 nitrogen and oxygen atoms in total. The molecule has 1 unspecified atom stereocenters. The molecule has 1 aromatic heterocycles. The molecule has 1 amide bonds. The van der Waals surface area contributed by atoms with E-state index in [4.69, 9.17) is 0 Å². The average molecular weight is 197 g/mol. The van der Waals surface area contributed by atoms with Crippen molar-refractivity contribution in [1.82, 2.24) is 10.2 Å². The molecule has 0 spiro atoms. The fourth-order valence-electron chi connectivity index (χ4n) is 1.33. The van der Waals surface area contributed by atoms with Crippen LogP contribution in [0.15, 0.2) is 12.4 Å². The number of carbonyl (C=O) groups is 1. The third-order valence-corrected chi connectivity index (χ3v) is 3.36. The first kappa shape index (κ1) is 8.62. The van der Waals surface area contributed by atoms with Crippen LogP contribution in [0.25, 0.3) is 0 Å². The second-order valence-corrected chi connectivity index (χ2v) is 4.29. The first-order valence-electron chi connectivity index (χ1n) is 4.27. The Morgan fingerprint density at radius 1 is 1.77 bits per heavy atom. The molecular formula is C8H11N3OS. The highest BCUT2D eigenvalue weighted by Gasteiger charge is 2.23. The summed E-state index contributed by atoms with van der Waals surface area (Å²) < 4.78 is 0. The summed E-state index contributed by atoms with van der Waals surface area (Å²) in [6, 6.07) is 0. The van der Waals surface area contributed by atoms with Crippen LogP contribution in [0.1, 0.15) is 12.8 Å². The first-order chi connectivity index (χ1) is 6.36. The molecule has 0 aromatic carbocycles. The third-order valence-electron chi connectivity index (χ3n) is 1.99. The molecule has 0 radical (unpaired) electrons. The topological polar surface area (TPSA) is 57.8 Å². The molecule has 1 saturated heterocycles. The van der Waals surface area contributed by atoms with Gasteiger partial charge < -0.3 is 5.32 Å². The summed E-state index contributed by atoms with van der Waals surface area (Å²) in [7, 11) is 0. The summed E-state index contributed by atoms with van der Waals surface area (Å²) in [4.78, 5) is 11.5. The van der Waals surface area contributed by atoms with E-state index in [9.17, 15) is 4.79 Å². The number of anilines is 1. The van der Waals surface area contributed by atoms with Crippen molar-refractivity contribution in [2.24, 2.45) is 0 Å². The molecule has 0 bridgehead atoms. The van der Waals surface area contributed by atoms with E-state index in [0.717, 1.165) is 24.3 Å². The molecule has 70 valence electrons. The highest BCUT2D eigenvalue weighted by Crippen LogP contribution is 2.26. The Bertz CT molecular complexity index is 280. The number of H-pyrrole nitrogens is 1. The van der Waals surface area contributed by atoms with E-state index in [0.29, 0.717) is 0 Å². The molecule has 2 N–H and O–H groups in total. The first-order valence-corrected chi connectivity index (χ1v) is 5.32. The molecule has 0 aliphatic carbocycles. The monoisotopic (exact) mass is 197 g/mol. The van der Waals surface area contributed by atoms with Crippen molar-refractivity contribution in [2.75, 3.05) is 11.1 Å². The molecular weight excluding hydrogens is 186 g/mol. The molecule has 1 atom stereocenters. The van der Waals surface area contributed by atoms with Crippen LogP contribution in [-0.2, 0) is 4.79 Å². The van der Waals surface area contributed by atoms with E-state index in [1.54, 1.807) is 24.2 Å². The lowest BCUT2D eigenvalue weighted by Crippen LogP contribution is -2.22. The second-order valence-electron chi connectivity index (χ2n) is 2.98. The maximum Gasteiger partial charge on any atom is 0.237 e. The van der Waals surface area contributed by atoms with E-state index in [2.05, 4.69) is 15.5 Å². The van der Waals surface area contributed by atoms with Crippen molar-refractivity contribution in [3.63, 3.8) is 0 Å². The standard InChI is InChI=1S/C8H11N3OS/c12-8(7-2-1-3-13-7)11-6-4-9-10-5-6/h4-5,7H,1-3H2,(H,9,10)(H,11,12). The van der Waals surface area contributed by atoms with Gasteiger partial charge in [0.1, 0.15) is 0 Å². The number of rotatable bonds is 2. The smallest absolute Gasteiger partial charge is 0.237 e. The maximum absolute atomic E-state index is 11.5. The second kappa shape index (κ2) is 3.83. The summed E-state index contributed by atoms with van der Waals surface area (Å²) >= 11 is 1.73. The van der Waals surface area contributed by atoms with Crippen molar-refractivity contribution in [3.05, 3.63) is 12.4 Å². The highest BCUT2D eigenvalue weighted by atomic mass is 32.2. The van der Waals surface area contributed by atoms with E-state index in [1.165, 1.54) is 0 Å². The number of nitrogens with zero attached hydrogens (tertiary/aromatic N) is 1. The Morgan fingerprint density at radius 2 is 2.69 bits per heavy atom. The summed E-state index contributed by atoms with van der Waals surface area (Å²) in [5.74, 6) is 1.20. The number of amides is 1. The normalized spacial score (nSPS) is 21.7. The van der Waals surface area contributed by atoms with Gasteiger partial charge in [0, 0.05) is 6.20 Å². The van der Waals surface area contributed by atoms with Gasteiger partial charge in [-0.3, -0.25) is 9.89 Å². The van der Waals surface area contributed by atoms with Gasteiger partial charge in [-0.25, -0.2) is 0 Å². The number of hydrogen-bond acceptors (Lipinski definition) is 3. The predicted molar refractivity (Wildman–Crippen MR) is 52.7 cm³/mol. The zero-order valence-electron chi connectivity index (χ0n) is 7.12. The Morgan fingerprint density at radius 3 is 3.31 bits per heavy atom. The van der Waals surface area contributed by atoms with Crippen LogP contribution in [0.5, 0.6) is 0 Å². The van der Waals surface area contributed by atoms with Gasteiger partial charge in [0.2, 0.25) is 5.91 Å². The quantitative estimate of drug-likeness (QED) is 0.750. The summed E-state index contributed by atoms with van der Waals surface area (Å²) in [6.45, 7) is 0. The highest BCUT2D eigenvalue weighted by molar-refractivity contribution is 8.00. The molecule has 1 aliphatic rings. The van der Waals surface area contributed by atoms with Gasteiger partial charge >= 0.3 is 0 Å². The minimum atomic E-state index is 0.101. The number of aromatic amines is 1. The van der Waals surface area contributed by atoms with Crippen LogP contribution < -0.4 is 5.32 Å². The number of nitrogens with one attached hydrogen (secondary N) is 2. The lowest BCUT2D eigenvalue weighted by molar-refractivity contribution is -0.115. The summed E-state index contributed by atoms with van der Waals surface area (Å²) in [5.41, 5.74) is 0.748. The number of hydrogen-bond donors (Lipinski definition) is 2. The minimum Gasteiger partial charge on any atom is -0.322 e. The average Bonchev–Trinajstić information content (AvgIpc) is 2.74. The van der Waals surface area contributed by atoms with Gasteiger partial charge in [0.15, 0.2) is 0 Å². The number of thioether (sulfide) groups is 1. The predicted octanol–water partition coefficient (Wildman–Crippen LogP) is 1.24. The maximum atomic E-state index is 11.5. The van der Waals surface area contributed by atoms with Gasteiger partial charge in [-0.1, -0.05) is 0 Å². The largest absolute Gasteiger partial charge is 0.322 e. The zero-order chi connectivity index (χ0) is 9.10. The van der Waals surface area contributed by atoms with E-state index in [1.807, 2.05) is 0 Å². The van der Waals surface area contributed by atoms with Crippen LogP contribution in [-0.4, -0.2) is 27.1 Å². The van der Waals surface area contributed by atoms with Gasteiger partial charge in [0.05, 0.1) is 17.1 Å². The molecule has 2 heterocycles. The molecule has 2 rings (SSSR count). The van der Waals surface area contributed by atoms with Crippen LogP contribution >= 0.6 is 11.8 Å². The third kappa shape index (κ3) is 2.03. The molecule has 1 aromatic rings. The van der Waals surface area contributed by atoms with E-state index < -0.39 is 0 Å². The van der Waals surface area contributed by atoms with Gasteiger partial charge in [-0.05, 0) is 18.6 Å². The Hall–Kier alpha value is -0.970. The summed E-state index contributed by atoms with van der Waals surface area (Å²) in [5, 5.41) is 9.35.